The third kappa shape index (κ3) is 9.67. The first kappa shape index (κ1) is 33.2. The summed E-state index contributed by atoms with van der Waals surface area (Å²) in [5.74, 6) is -0.554. The lowest BCUT2D eigenvalue weighted by molar-refractivity contribution is -0.129. The number of rotatable bonds is 14. The molecule has 0 aliphatic carbocycles. The summed E-state index contributed by atoms with van der Waals surface area (Å²) in [5.41, 5.74) is 5.80. The standard InChI is InChI=1S/C26H38N6O6S4/c33-19(27-29-11-15-37-16-12-29)7-3-1-5-9-31-23(35)21(41-25(31)39)22-24(36)32(26(40)42-22)10-6-2-4-8-20(34)28-30-13-17-38-18-14-30/h1-18H2,(H,27,33)(H,28,34)/b22-21+. The van der Waals surface area contributed by atoms with Gasteiger partial charge >= 0.3 is 0 Å². The number of nitrogens with zero attached hydrogens (tertiary/aromatic N) is 4. The van der Waals surface area contributed by atoms with Crippen LogP contribution in [0.25, 0.3) is 0 Å². The molecule has 0 aromatic carbocycles. The van der Waals surface area contributed by atoms with Gasteiger partial charge in [0.15, 0.2) is 0 Å². The Labute approximate surface area is 265 Å². The fraction of sp³-hybridized carbons (Fsp3) is 0.692. The Morgan fingerprint density at radius 1 is 0.643 bits per heavy atom. The van der Waals surface area contributed by atoms with Crippen LogP contribution in [-0.2, 0) is 28.7 Å². The van der Waals surface area contributed by atoms with E-state index in [1.165, 1.54) is 9.80 Å². The van der Waals surface area contributed by atoms with Crippen LogP contribution in [0, 0.1) is 0 Å². The molecule has 0 radical (unpaired) electrons. The van der Waals surface area contributed by atoms with E-state index in [-0.39, 0.29) is 23.6 Å². The van der Waals surface area contributed by atoms with Gasteiger partial charge in [0.1, 0.15) is 8.64 Å². The number of nitrogens with one attached hydrogen (secondary N) is 2. The van der Waals surface area contributed by atoms with Crippen molar-refractivity contribution >= 4 is 80.2 Å². The molecule has 0 saturated carbocycles. The SMILES string of the molecule is O=C(CCCCCN1C(=O)/C(=C2\SC(=S)N(CCCCCC(=O)NN3CCOCC3)C2=O)SC1=S)NN1CCOCC1. The molecule has 0 spiro atoms. The van der Waals surface area contributed by atoms with Crippen molar-refractivity contribution in [1.29, 1.82) is 0 Å². The minimum atomic E-state index is -0.262. The summed E-state index contributed by atoms with van der Waals surface area (Å²) in [4.78, 5) is 54.4. The Balaban J connectivity index is 1.14. The number of hydrogen-bond donors (Lipinski definition) is 2. The summed E-state index contributed by atoms with van der Waals surface area (Å²) in [5, 5.41) is 3.76. The number of amides is 4. The van der Waals surface area contributed by atoms with Crippen LogP contribution in [0.4, 0.5) is 0 Å². The van der Waals surface area contributed by atoms with Crippen LogP contribution in [-0.4, -0.2) is 118 Å². The van der Waals surface area contributed by atoms with Crippen molar-refractivity contribution in [2.24, 2.45) is 0 Å². The molecule has 0 atom stereocenters. The van der Waals surface area contributed by atoms with Crippen molar-refractivity contribution in [2.75, 3.05) is 65.7 Å². The summed E-state index contributed by atoms with van der Waals surface area (Å²) in [7, 11) is 0. The van der Waals surface area contributed by atoms with Crippen molar-refractivity contribution in [1.82, 2.24) is 30.7 Å². The van der Waals surface area contributed by atoms with Crippen LogP contribution < -0.4 is 10.9 Å². The van der Waals surface area contributed by atoms with E-state index in [9.17, 15) is 19.2 Å². The molecule has 4 fully saturated rings. The summed E-state index contributed by atoms with van der Waals surface area (Å²) in [6, 6.07) is 0. The highest BCUT2D eigenvalue weighted by atomic mass is 32.2. The molecule has 2 N–H and O–H groups in total. The predicted molar refractivity (Wildman–Crippen MR) is 169 cm³/mol. The van der Waals surface area contributed by atoms with Crippen molar-refractivity contribution < 1.29 is 28.7 Å². The average Bonchev–Trinajstić information content (AvgIpc) is 3.42. The van der Waals surface area contributed by atoms with Crippen molar-refractivity contribution in [3.63, 3.8) is 0 Å². The first-order valence-corrected chi connectivity index (χ1v) is 16.8. The fourth-order valence-corrected chi connectivity index (χ4v) is 7.51. The summed E-state index contributed by atoms with van der Waals surface area (Å²) >= 11 is 13.2. The zero-order valence-electron chi connectivity index (χ0n) is 23.6. The molecule has 0 aromatic rings. The number of thioether (sulfide) groups is 2. The van der Waals surface area contributed by atoms with E-state index in [0.717, 1.165) is 36.4 Å². The van der Waals surface area contributed by atoms with Crippen LogP contribution in [0.3, 0.4) is 0 Å². The van der Waals surface area contributed by atoms with E-state index in [2.05, 4.69) is 10.9 Å². The highest BCUT2D eigenvalue weighted by Gasteiger charge is 2.41. The van der Waals surface area contributed by atoms with Crippen molar-refractivity contribution in [3.05, 3.63) is 9.81 Å². The van der Waals surface area contributed by atoms with E-state index in [1.54, 1.807) is 0 Å². The zero-order chi connectivity index (χ0) is 29.9. The number of unbranched alkanes of at least 4 members (excludes halogenated alkanes) is 4. The smallest absolute Gasteiger partial charge is 0.267 e. The van der Waals surface area contributed by atoms with E-state index in [0.29, 0.717) is 123 Å². The quantitative estimate of drug-likeness (QED) is 0.161. The molecular formula is C26H38N6O6S4. The third-order valence-corrected chi connectivity index (χ3v) is 10.1. The van der Waals surface area contributed by atoms with Gasteiger partial charge in [0, 0.05) is 52.1 Å². The van der Waals surface area contributed by atoms with E-state index in [1.807, 2.05) is 10.0 Å². The topological polar surface area (TPSA) is 124 Å². The lowest BCUT2D eigenvalue weighted by atomic mass is 10.2. The van der Waals surface area contributed by atoms with Gasteiger partial charge in [-0.15, -0.1) is 0 Å². The average molecular weight is 659 g/mol. The largest absolute Gasteiger partial charge is 0.379 e. The second kappa shape index (κ2) is 17.0. The van der Waals surface area contributed by atoms with Gasteiger partial charge in [0.2, 0.25) is 11.8 Å². The van der Waals surface area contributed by atoms with Crippen LogP contribution in [0.2, 0.25) is 0 Å². The second-order valence-corrected chi connectivity index (χ2v) is 13.5. The van der Waals surface area contributed by atoms with Gasteiger partial charge < -0.3 is 9.47 Å². The molecule has 4 rings (SSSR count). The molecular weight excluding hydrogens is 621 g/mol. The van der Waals surface area contributed by atoms with Gasteiger partial charge in [0.05, 0.1) is 36.2 Å². The summed E-state index contributed by atoms with van der Waals surface area (Å²) in [6.45, 7) is 6.11. The molecule has 0 bridgehead atoms. The molecule has 16 heteroatoms. The first-order valence-electron chi connectivity index (χ1n) is 14.4. The summed E-state index contributed by atoms with van der Waals surface area (Å²) in [6.07, 6.45) is 5.22. The molecule has 4 saturated heterocycles. The third-order valence-electron chi connectivity index (χ3n) is 7.06. The lowest BCUT2D eigenvalue weighted by Crippen LogP contribution is -2.48. The molecule has 4 amide bonds. The Hall–Kier alpha value is -1.66. The van der Waals surface area contributed by atoms with Gasteiger partial charge in [0.25, 0.3) is 11.8 Å². The number of hydrazine groups is 2. The van der Waals surface area contributed by atoms with E-state index < -0.39 is 0 Å². The Bertz CT molecular complexity index is 998. The number of thiocarbonyl (C=S) groups is 2. The van der Waals surface area contributed by atoms with Gasteiger partial charge in [-0.1, -0.05) is 60.8 Å². The molecule has 0 unspecified atom stereocenters. The Morgan fingerprint density at radius 3 is 1.40 bits per heavy atom. The second-order valence-electron chi connectivity index (χ2n) is 10.2. The van der Waals surface area contributed by atoms with Gasteiger partial charge in [-0.05, 0) is 25.7 Å². The number of hydrogen-bond acceptors (Lipinski definition) is 12. The minimum Gasteiger partial charge on any atom is -0.379 e. The molecule has 42 heavy (non-hydrogen) atoms. The van der Waals surface area contributed by atoms with Crippen LogP contribution in [0.5, 0.6) is 0 Å². The monoisotopic (exact) mass is 658 g/mol. The fourth-order valence-electron chi connectivity index (χ4n) is 4.74. The lowest BCUT2D eigenvalue weighted by Gasteiger charge is -2.26. The molecule has 232 valence electrons. The van der Waals surface area contributed by atoms with Crippen LogP contribution in [0.15, 0.2) is 9.81 Å². The molecule has 12 nitrogen and oxygen atoms in total. The van der Waals surface area contributed by atoms with E-state index >= 15 is 0 Å². The number of carbonyl (C=O) groups is 4. The number of morpholine rings is 2. The Morgan fingerprint density at radius 2 is 1.02 bits per heavy atom. The molecule has 0 aromatic heterocycles. The number of ether oxygens (including phenoxy) is 2. The van der Waals surface area contributed by atoms with Crippen molar-refractivity contribution in [2.45, 2.75) is 51.4 Å². The highest BCUT2D eigenvalue weighted by molar-refractivity contribution is 8.29. The molecule has 4 aliphatic heterocycles. The minimum absolute atomic E-state index is 0.0150. The predicted octanol–water partition coefficient (Wildman–Crippen LogP) is 1.77. The molecule has 4 heterocycles. The maximum absolute atomic E-state index is 13.2. The number of carbonyl (C=O) groups excluding carboxylic acids is 4. The summed E-state index contributed by atoms with van der Waals surface area (Å²) < 4.78 is 11.4. The normalized spacial score (nSPS) is 22.4. The molecule has 4 aliphatic rings. The van der Waals surface area contributed by atoms with Gasteiger partial charge in [-0.2, -0.15) is 0 Å². The maximum Gasteiger partial charge on any atom is 0.267 e. The van der Waals surface area contributed by atoms with Gasteiger partial charge in [-0.25, -0.2) is 10.0 Å². The first-order chi connectivity index (χ1) is 20.3. The highest BCUT2D eigenvalue weighted by Crippen LogP contribution is 2.42. The van der Waals surface area contributed by atoms with Gasteiger partial charge in [-0.3, -0.25) is 39.8 Å². The van der Waals surface area contributed by atoms with Crippen LogP contribution >= 0.6 is 48.0 Å². The van der Waals surface area contributed by atoms with Crippen LogP contribution in [0.1, 0.15) is 51.4 Å². The van der Waals surface area contributed by atoms with E-state index in [4.69, 9.17) is 33.9 Å². The zero-order valence-corrected chi connectivity index (χ0v) is 26.9. The maximum atomic E-state index is 13.2. The Kier molecular flexibility index (Phi) is 13.4. The van der Waals surface area contributed by atoms with Crippen molar-refractivity contribution in [3.8, 4) is 0 Å².